The van der Waals surface area contributed by atoms with Crippen molar-refractivity contribution < 1.29 is 9.53 Å². The Kier molecular flexibility index (Phi) is 1.65. The van der Waals surface area contributed by atoms with Gasteiger partial charge >= 0.3 is 0 Å². The summed E-state index contributed by atoms with van der Waals surface area (Å²) in [6, 6.07) is 0.243. The van der Waals surface area contributed by atoms with E-state index < -0.39 is 5.60 Å². The van der Waals surface area contributed by atoms with Gasteiger partial charge in [0.15, 0.2) is 5.60 Å². The van der Waals surface area contributed by atoms with Crippen LogP contribution in [0.3, 0.4) is 0 Å². The molecule has 2 aliphatic heterocycles. The van der Waals surface area contributed by atoms with Crippen LogP contribution < -0.4 is 5.32 Å². The van der Waals surface area contributed by atoms with Crippen LogP contribution in [0.4, 0.5) is 0 Å². The minimum atomic E-state index is -0.436. The van der Waals surface area contributed by atoms with Crippen LogP contribution in [-0.4, -0.2) is 24.2 Å². The summed E-state index contributed by atoms with van der Waals surface area (Å²) in [6.45, 7) is 4.98. The van der Waals surface area contributed by atoms with Crippen LogP contribution in [0.2, 0.25) is 0 Å². The first-order chi connectivity index (χ1) is 5.67. The van der Waals surface area contributed by atoms with Gasteiger partial charge in [0, 0.05) is 6.61 Å². The molecule has 2 aliphatic rings. The van der Waals surface area contributed by atoms with Gasteiger partial charge in [-0.1, -0.05) is 13.8 Å². The van der Waals surface area contributed by atoms with E-state index in [-0.39, 0.29) is 11.9 Å². The molecule has 3 nitrogen and oxygen atoms in total. The monoisotopic (exact) mass is 169 g/mol. The summed E-state index contributed by atoms with van der Waals surface area (Å²) in [6.07, 6.45) is 1.93. The molecule has 0 saturated carbocycles. The predicted molar refractivity (Wildman–Crippen MR) is 44.7 cm³/mol. The second kappa shape index (κ2) is 2.46. The largest absolute Gasteiger partial charge is 0.363 e. The van der Waals surface area contributed by atoms with Gasteiger partial charge in [0.05, 0.1) is 6.04 Å². The molecule has 0 aliphatic carbocycles. The third-order valence-corrected chi connectivity index (χ3v) is 2.89. The summed E-state index contributed by atoms with van der Waals surface area (Å²) in [5.74, 6) is 0.569. The van der Waals surface area contributed by atoms with E-state index in [1.54, 1.807) is 0 Å². The van der Waals surface area contributed by atoms with Crippen LogP contribution >= 0.6 is 0 Å². The molecule has 0 aromatic heterocycles. The number of hydrogen-bond acceptors (Lipinski definition) is 2. The molecule has 68 valence electrons. The molecule has 0 radical (unpaired) electrons. The number of ether oxygens (including phenoxy) is 1. The molecule has 2 saturated heterocycles. The standard InChI is InChI=1S/C9H15NO2/c1-6(2)7-9(8(11)10-7)4-3-5-12-9/h6-7H,3-5H2,1-2H3,(H,10,11)/t7-,9+/m0/s1. The van der Waals surface area contributed by atoms with Crippen molar-refractivity contribution in [1.82, 2.24) is 5.32 Å². The molecular formula is C9H15NO2. The smallest absolute Gasteiger partial charge is 0.254 e. The molecule has 12 heavy (non-hydrogen) atoms. The van der Waals surface area contributed by atoms with Crippen molar-refractivity contribution in [2.24, 2.45) is 5.92 Å². The Labute approximate surface area is 72.5 Å². The van der Waals surface area contributed by atoms with Gasteiger partial charge in [0.25, 0.3) is 5.91 Å². The van der Waals surface area contributed by atoms with Crippen molar-refractivity contribution >= 4 is 5.91 Å². The van der Waals surface area contributed by atoms with E-state index in [1.165, 1.54) is 0 Å². The highest BCUT2D eigenvalue weighted by Crippen LogP contribution is 2.38. The fourth-order valence-electron chi connectivity index (χ4n) is 2.23. The summed E-state index contributed by atoms with van der Waals surface area (Å²) in [7, 11) is 0. The summed E-state index contributed by atoms with van der Waals surface area (Å²) >= 11 is 0. The van der Waals surface area contributed by atoms with Crippen LogP contribution in [0.25, 0.3) is 0 Å². The van der Waals surface area contributed by atoms with E-state index in [0.717, 1.165) is 19.4 Å². The zero-order valence-electron chi connectivity index (χ0n) is 7.59. The number of carbonyl (C=O) groups excluding carboxylic acids is 1. The molecule has 2 heterocycles. The van der Waals surface area contributed by atoms with Crippen molar-refractivity contribution in [3.8, 4) is 0 Å². The number of hydrogen-bond donors (Lipinski definition) is 1. The Morgan fingerprint density at radius 1 is 1.67 bits per heavy atom. The Hall–Kier alpha value is -0.570. The lowest BCUT2D eigenvalue weighted by atomic mass is 9.76. The van der Waals surface area contributed by atoms with Crippen LogP contribution in [0.15, 0.2) is 0 Å². The summed E-state index contributed by atoms with van der Waals surface area (Å²) < 4.78 is 5.55. The zero-order chi connectivity index (χ0) is 8.77. The SMILES string of the molecule is CC(C)[C@@H]1NC(=O)[C@@]12CCCO2. The molecule has 1 amide bonds. The van der Waals surface area contributed by atoms with E-state index in [9.17, 15) is 4.79 Å². The van der Waals surface area contributed by atoms with Gasteiger partial charge in [0.2, 0.25) is 0 Å². The van der Waals surface area contributed by atoms with Gasteiger partial charge < -0.3 is 10.1 Å². The maximum atomic E-state index is 11.3. The fraction of sp³-hybridized carbons (Fsp3) is 0.889. The second-order valence-corrected chi connectivity index (χ2v) is 4.04. The summed E-state index contributed by atoms with van der Waals surface area (Å²) in [5, 5.41) is 2.91. The van der Waals surface area contributed by atoms with Gasteiger partial charge in [-0.05, 0) is 18.8 Å². The molecule has 2 fully saturated rings. The molecule has 2 atom stereocenters. The normalized spacial score (nSPS) is 40.2. The first-order valence-corrected chi connectivity index (χ1v) is 4.62. The van der Waals surface area contributed by atoms with Crippen molar-refractivity contribution in [1.29, 1.82) is 0 Å². The number of amides is 1. The van der Waals surface area contributed by atoms with Crippen molar-refractivity contribution in [3.63, 3.8) is 0 Å². The highest BCUT2D eigenvalue weighted by atomic mass is 16.5. The molecule has 3 heteroatoms. The van der Waals surface area contributed by atoms with E-state index in [2.05, 4.69) is 19.2 Å². The number of nitrogens with one attached hydrogen (secondary N) is 1. The molecule has 2 rings (SSSR count). The maximum Gasteiger partial charge on any atom is 0.254 e. The molecule has 0 aromatic carbocycles. The van der Waals surface area contributed by atoms with Crippen molar-refractivity contribution in [3.05, 3.63) is 0 Å². The lowest BCUT2D eigenvalue weighted by molar-refractivity contribution is -0.166. The number of carbonyl (C=O) groups is 1. The van der Waals surface area contributed by atoms with E-state index in [0.29, 0.717) is 5.92 Å². The average molecular weight is 169 g/mol. The molecular weight excluding hydrogens is 154 g/mol. The van der Waals surface area contributed by atoms with Crippen molar-refractivity contribution in [2.75, 3.05) is 6.61 Å². The molecule has 0 bridgehead atoms. The first-order valence-electron chi connectivity index (χ1n) is 4.62. The summed E-state index contributed by atoms with van der Waals surface area (Å²) in [4.78, 5) is 11.3. The van der Waals surface area contributed by atoms with Crippen LogP contribution in [0.1, 0.15) is 26.7 Å². The lowest BCUT2D eigenvalue weighted by Crippen LogP contribution is -2.73. The van der Waals surface area contributed by atoms with Crippen LogP contribution in [0.5, 0.6) is 0 Å². The van der Waals surface area contributed by atoms with Gasteiger partial charge in [-0.2, -0.15) is 0 Å². The highest BCUT2D eigenvalue weighted by molar-refractivity contribution is 5.93. The minimum Gasteiger partial charge on any atom is -0.363 e. The van der Waals surface area contributed by atoms with E-state index in [4.69, 9.17) is 4.74 Å². The maximum absolute atomic E-state index is 11.3. The van der Waals surface area contributed by atoms with Gasteiger partial charge in [-0.3, -0.25) is 4.79 Å². The zero-order valence-corrected chi connectivity index (χ0v) is 7.59. The Balaban J connectivity index is 2.15. The average Bonchev–Trinajstić information content (AvgIpc) is 2.49. The third-order valence-electron chi connectivity index (χ3n) is 2.89. The van der Waals surface area contributed by atoms with Crippen LogP contribution in [0, 0.1) is 5.92 Å². The minimum absolute atomic E-state index is 0.0960. The highest BCUT2D eigenvalue weighted by Gasteiger charge is 2.58. The van der Waals surface area contributed by atoms with Gasteiger partial charge in [-0.15, -0.1) is 0 Å². The molecule has 1 spiro atoms. The topological polar surface area (TPSA) is 38.3 Å². The Bertz CT molecular complexity index is 207. The lowest BCUT2D eigenvalue weighted by Gasteiger charge is -2.47. The fourth-order valence-corrected chi connectivity index (χ4v) is 2.23. The van der Waals surface area contributed by atoms with Crippen molar-refractivity contribution in [2.45, 2.75) is 38.3 Å². The summed E-state index contributed by atoms with van der Waals surface area (Å²) in [5.41, 5.74) is -0.436. The number of β-lactam (4-membered cyclic amide) rings is 1. The van der Waals surface area contributed by atoms with E-state index in [1.807, 2.05) is 0 Å². The van der Waals surface area contributed by atoms with Gasteiger partial charge in [0.1, 0.15) is 0 Å². The third kappa shape index (κ3) is 0.829. The first kappa shape index (κ1) is 8.05. The van der Waals surface area contributed by atoms with Crippen LogP contribution in [-0.2, 0) is 9.53 Å². The quantitative estimate of drug-likeness (QED) is 0.586. The molecule has 0 unspecified atom stereocenters. The second-order valence-electron chi connectivity index (χ2n) is 4.04. The van der Waals surface area contributed by atoms with E-state index >= 15 is 0 Å². The van der Waals surface area contributed by atoms with Gasteiger partial charge in [-0.25, -0.2) is 0 Å². The Morgan fingerprint density at radius 2 is 2.42 bits per heavy atom. The molecule has 0 aromatic rings. The predicted octanol–water partition coefficient (Wildman–Crippen LogP) is 0.690. The molecule has 1 N–H and O–H groups in total. The number of rotatable bonds is 1. The Morgan fingerprint density at radius 3 is 2.83 bits per heavy atom.